The van der Waals surface area contributed by atoms with Gasteiger partial charge in [-0.05, 0) is 42.0 Å². The van der Waals surface area contributed by atoms with Crippen LogP contribution in [0.1, 0.15) is 16.1 Å². The average Bonchev–Trinajstić information content (AvgIpc) is 3.47. The fourth-order valence-electron chi connectivity index (χ4n) is 4.68. The quantitative estimate of drug-likeness (QED) is 0.246. The molecule has 2 amide bonds. The van der Waals surface area contributed by atoms with Crippen molar-refractivity contribution in [3.05, 3.63) is 66.0 Å². The van der Waals surface area contributed by atoms with E-state index in [-0.39, 0.29) is 37.4 Å². The van der Waals surface area contributed by atoms with E-state index in [0.717, 1.165) is 52.0 Å². The Kier molecular flexibility index (Phi) is 9.65. The van der Waals surface area contributed by atoms with Crippen LogP contribution in [-0.4, -0.2) is 85.2 Å². The molecule has 21 heteroatoms. The lowest BCUT2D eigenvalue weighted by Crippen LogP contribution is -2.60. The van der Waals surface area contributed by atoms with E-state index in [9.17, 15) is 44.3 Å². The summed E-state index contributed by atoms with van der Waals surface area (Å²) in [4.78, 5) is 31.6. The summed E-state index contributed by atoms with van der Waals surface area (Å²) in [7, 11) is -3.07. The lowest BCUT2D eigenvalue weighted by Gasteiger charge is -2.39. The van der Waals surface area contributed by atoms with Gasteiger partial charge >= 0.3 is 12.7 Å². The number of hydrogen-bond donors (Lipinski definition) is 2. The SMILES string of the molecule is CNC(=O)c1nncc2sc(N3CCN(S(=O)(=O)c4ccc(OC(F)(F)F)cc4)[C@@H](C(=O)NCc4ccc(OC(F)(F)F)cc4)C3)nc12. The summed E-state index contributed by atoms with van der Waals surface area (Å²) in [5, 5.41) is 13.0. The minimum absolute atomic E-state index is 0.0228. The molecule has 5 rings (SSSR count). The molecule has 0 spiro atoms. The van der Waals surface area contributed by atoms with E-state index in [4.69, 9.17) is 0 Å². The molecule has 3 heterocycles. The third-order valence-electron chi connectivity index (χ3n) is 6.83. The average molecular weight is 720 g/mol. The maximum atomic E-state index is 13.7. The van der Waals surface area contributed by atoms with Crippen molar-refractivity contribution in [1.82, 2.24) is 30.1 Å². The van der Waals surface area contributed by atoms with Crippen molar-refractivity contribution in [1.29, 1.82) is 0 Å². The number of amides is 2. The predicted molar refractivity (Wildman–Crippen MR) is 157 cm³/mol. The standard InChI is InChI=1S/C27H23F6N7O6S2/c1-34-24(42)22-21-20(13-36-38-22)47-25(37-21)39-10-11-40(48(43,44)18-8-6-17(7-9-18)46-27(31,32)33)19(14-39)23(41)35-12-15-2-4-16(5-3-15)45-26(28,29)30/h2-9,13,19H,10-12,14H2,1H3,(H,34,42)(H,35,41)/t19-/m1/s1. The van der Waals surface area contributed by atoms with Crippen LogP contribution < -0.4 is 25.0 Å². The van der Waals surface area contributed by atoms with Crippen molar-refractivity contribution in [2.75, 3.05) is 31.6 Å². The molecule has 1 saturated heterocycles. The van der Waals surface area contributed by atoms with Crippen molar-refractivity contribution in [3.8, 4) is 11.5 Å². The number of alkyl halides is 6. The lowest BCUT2D eigenvalue weighted by molar-refractivity contribution is -0.275. The van der Waals surface area contributed by atoms with Gasteiger partial charge in [0.2, 0.25) is 15.9 Å². The van der Waals surface area contributed by atoms with Gasteiger partial charge in [0.15, 0.2) is 10.8 Å². The Bertz CT molecular complexity index is 1910. The monoisotopic (exact) mass is 719 g/mol. The Balaban J connectivity index is 1.41. The topological polar surface area (TPSA) is 156 Å². The number of anilines is 1. The highest BCUT2D eigenvalue weighted by atomic mass is 32.2. The second kappa shape index (κ2) is 13.4. The summed E-state index contributed by atoms with van der Waals surface area (Å²) in [5.74, 6) is -2.46. The largest absolute Gasteiger partial charge is 0.573 e. The number of nitrogens with one attached hydrogen (secondary N) is 2. The van der Waals surface area contributed by atoms with E-state index in [1.165, 1.54) is 25.4 Å². The molecule has 1 aliphatic heterocycles. The predicted octanol–water partition coefficient (Wildman–Crippen LogP) is 3.44. The van der Waals surface area contributed by atoms with Gasteiger partial charge in [0.25, 0.3) is 5.91 Å². The maximum Gasteiger partial charge on any atom is 0.573 e. The number of carbonyl (C=O) groups excluding carboxylic acids is 2. The van der Waals surface area contributed by atoms with Crippen LogP contribution in [0.15, 0.2) is 59.6 Å². The van der Waals surface area contributed by atoms with Gasteiger partial charge in [-0.3, -0.25) is 9.59 Å². The number of sulfonamides is 1. The van der Waals surface area contributed by atoms with Crippen molar-refractivity contribution >= 4 is 48.5 Å². The first kappa shape index (κ1) is 34.6. The zero-order chi connectivity index (χ0) is 34.9. The number of aromatic nitrogens is 3. The Morgan fingerprint density at radius 2 is 1.56 bits per heavy atom. The third kappa shape index (κ3) is 8.02. The second-order valence-electron chi connectivity index (χ2n) is 9.99. The van der Waals surface area contributed by atoms with Gasteiger partial charge < -0.3 is 25.0 Å². The van der Waals surface area contributed by atoms with Crippen molar-refractivity contribution in [2.24, 2.45) is 0 Å². The molecule has 1 atom stereocenters. The van der Waals surface area contributed by atoms with Crippen molar-refractivity contribution < 1.29 is 53.8 Å². The summed E-state index contributed by atoms with van der Waals surface area (Å²) >= 11 is 1.12. The molecule has 48 heavy (non-hydrogen) atoms. The van der Waals surface area contributed by atoms with E-state index < -0.39 is 57.0 Å². The molecule has 0 saturated carbocycles. The number of piperazine rings is 1. The molecule has 0 aliphatic carbocycles. The van der Waals surface area contributed by atoms with Gasteiger partial charge in [0, 0.05) is 33.2 Å². The van der Waals surface area contributed by atoms with E-state index in [2.05, 4.69) is 35.3 Å². The Labute approximate surface area is 271 Å². The summed E-state index contributed by atoms with van der Waals surface area (Å²) < 4.78 is 112. The molecule has 4 aromatic rings. The summed E-state index contributed by atoms with van der Waals surface area (Å²) in [5.41, 5.74) is 0.560. The lowest BCUT2D eigenvalue weighted by atomic mass is 10.1. The highest BCUT2D eigenvalue weighted by Crippen LogP contribution is 2.33. The van der Waals surface area contributed by atoms with Gasteiger partial charge in [-0.15, -0.1) is 31.4 Å². The summed E-state index contributed by atoms with van der Waals surface area (Å²) in [6.07, 6.45) is -8.51. The van der Waals surface area contributed by atoms with E-state index in [0.29, 0.717) is 15.4 Å². The van der Waals surface area contributed by atoms with Gasteiger partial charge in [-0.25, -0.2) is 13.4 Å². The highest BCUT2D eigenvalue weighted by molar-refractivity contribution is 7.89. The minimum Gasteiger partial charge on any atom is -0.406 e. The van der Waals surface area contributed by atoms with Crippen LogP contribution in [0, 0.1) is 0 Å². The van der Waals surface area contributed by atoms with Crippen LogP contribution in [0.2, 0.25) is 0 Å². The zero-order valence-corrected chi connectivity index (χ0v) is 26.0. The van der Waals surface area contributed by atoms with Crippen LogP contribution in [0.5, 0.6) is 11.5 Å². The first-order chi connectivity index (χ1) is 22.5. The molecule has 0 bridgehead atoms. The molecule has 0 unspecified atom stereocenters. The number of carbonyl (C=O) groups is 2. The second-order valence-corrected chi connectivity index (χ2v) is 12.9. The molecule has 2 N–H and O–H groups in total. The van der Waals surface area contributed by atoms with Gasteiger partial charge in [-0.2, -0.15) is 9.40 Å². The zero-order valence-electron chi connectivity index (χ0n) is 24.4. The van der Waals surface area contributed by atoms with Crippen LogP contribution >= 0.6 is 11.3 Å². The molecule has 0 radical (unpaired) electrons. The fraction of sp³-hybridized carbons (Fsp3) is 0.296. The molecular formula is C27H23F6N7O6S2. The molecule has 1 fully saturated rings. The van der Waals surface area contributed by atoms with E-state index >= 15 is 0 Å². The van der Waals surface area contributed by atoms with Crippen LogP contribution in [0.3, 0.4) is 0 Å². The highest BCUT2D eigenvalue weighted by Gasteiger charge is 2.41. The number of ether oxygens (including phenoxy) is 2. The first-order valence-electron chi connectivity index (χ1n) is 13.6. The fourth-order valence-corrected chi connectivity index (χ4v) is 7.21. The minimum atomic E-state index is -5.00. The number of rotatable bonds is 9. The van der Waals surface area contributed by atoms with Crippen LogP contribution in [0.25, 0.3) is 10.2 Å². The number of benzene rings is 2. The van der Waals surface area contributed by atoms with Crippen molar-refractivity contribution in [2.45, 2.75) is 30.2 Å². The number of hydrogen-bond acceptors (Lipinski definition) is 11. The first-order valence-corrected chi connectivity index (χ1v) is 15.9. The molecular weight excluding hydrogens is 696 g/mol. The van der Waals surface area contributed by atoms with Gasteiger partial charge in [0.1, 0.15) is 23.1 Å². The number of halogens is 6. The summed E-state index contributed by atoms with van der Waals surface area (Å²) in [6.45, 7) is -0.685. The van der Waals surface area contributed by atoms with E-state index in [1.807, 2.05) is 0 Å². The van der Waals surface area contributed by atoms with Crippen LogP contribution in [-0.2, 0) is 21.4 Å². The third-order valence-corrected chi connectivity index (χ3v) is 9.81. The summed E-state index contributed by atoms with van der Waals surface area (Å²) in [6, 6.07) is 6.71. The molecule has 13 nitrogen and oxygen atoms in total. The molecule has 2 aromatic heterocycles. The number of fused-ring (bicyclic) bond motifs is 1. The molecule has 1 aliphatic rings. The molecule has 2 aromatic carbocycles. The Morgan fingerprint density at radius 3 is 2.15 bits per heavy atom. The number of nitrogens with zero attached hydrogens (tertiary/aromatic N) is 5. The van der Waals surface area contributed by atoms with Gasteiger partial charge in [0.05, 0.1) is 15.8 Å². The normalized spacial score (nSPS) is 16.1. The van der Waals surface area contributed by atoms with Crippen molar-refractivity contribution in [3.63, 3.8) is 0 Å². The number of thiazole rings is 1. The Morgan fingerprint density at radius 1 is 0.958 bits per heavy atom. The smallest absolute Gasteiger partial charge is 0.406 e. The van der Waals surface area contributed by atoms with E-state index in [1.54, 1.807) is 4.90 Å². The maximum absolute atomic E-state index is 13.7. The van der Waals surface area contributed by atoms with Crippen LogP contribution in [0.4, 0.5) is 31.5 Å². The Hall–Kier alpha value is -4.76. The molecule has 256 valence electrons. The van der Waals surface area contributed by atoms with Gasteiger partial charge in [-0.1, -0.05) is 23.5 Å².